The molecular formula is C15H24N2O4. The maximum atomic E-state index is 12.0. The first-order chi connectivity index (χ1) is 9.90. The first-order valence-corrected chi connectivity index (χ1v) is 7.70. The predicted molar refractivity (Wildman–Crippen MR) is 76.6 cm³/mol. The first kappa shape index (κ1) is 15.8. The van der Waals surface area contributed by atoms with Crippen LogP contribution in [0.2, 0.25) is 0 Å². The van der Waals surface area contributed by atoms with Crippen molar-refractivity contribution < 1.29 is 19.5 Å². The Hall–Kier alpha value is -1.59. The number of urea groups is 1. The van der Waals surface area contributed by atoms with Gasteiger partial charge >= 0.3 is 12.0 Å². The molecule has 2 saturated carbocycles. The molecular weight excluding hydrogens is 272 g/mol. The lowest BCUT2D eigenvalue weighted by Gasteiger charge is -2.26. The molecule has 2 aliphatic rings. The lowest BCUT2D eigenvalue weighted by Crippen LogP contribution is -2.42. The summed E-state index contributed by atoms with van der Waals surface area (Å²) in [4.78, 5) is 34.6. The molecule has 0 aromatic carbocycles. The van der Waals surface area contributed by atoms with Crippen molar-refractivity contribution in [3.05, 3.63) is 0 Å². The molecule has 6 heteroatoms. The zero-order valence-electron chi connectivity index (χ0n) is 12.5. The molecule has 0 aromatic heterocycles. The second kappa shape index (κ2) is 6.45. The Morgan fingerprint density at radius 1 is 1.19 bits per heavy atom. The number of carboxylic acid groups (broad SMARTS) is 1. The summed E-state index contributed by atoms with van der Waals surface area (Å²) in [5.41, 5.74) is -0.471. The topological polar surface area (TPSA) is 95.5 Å². The Labute approximate surface area is 124 Å². The minimum atomic E-state index is -0.878. The third-order valence-electron chi connectivity index (χ3n) is 4.78. The average molecular weight is 296 g/mol. The monoisotopic (exact) mass is 296 g/mol. The van der Waals surface area contributed by atoms with E-state index in [0.29, 0.717) is 18.4 Å². The number of carbonyl (C=O) groups excluding carboxylic acids is 2. The van der Waals surface area contributed by atoms with Gasteiger partial charge in [-0.25, -0.2) is 4.79 Å². The molecule has 118 valence electrons. The van der Waals surface area contributed by atoms with Crippen molar-refractivity contribution in [2.24, 2.45) is 17.3 Å². The van der Waals surface area contributed by atoms with Crippen molar-refractivity contribution in [1.29, 1.82) is 0 Å². The van der Waals surface area contributed by atoms with Crippen molar-refractivity contribution in [3.8, 4) is 0 Å². The fourth-order valence-corrected chi connectivity index (χ4v) is 3.32. The number of hydrogen-bond donors (Lipinski definition) is 3. The molecule has 2 aliphatic carbocycles. The van der Waals surface area contributed by atoms with E-state index in [-0.39, 0.29) is 18.7 Å². The minimum Gasteiger partial charge on any atom is -0.481 e. The predicted octanol–water partition coefficient (Wildman–Crippen LogP) is 1.89. The molecule has 3 N–H and O–H groups in total. The SMILES string of the molecule is CC1CC1CNC(=O)NC(=O)CC1(CC(=O)O)CCCC1. The Kier molecular flexibility index (Phi) is 4.85. The molecule has 0 heterocycles. The van der Waals surface area contributed by atoms with Crippen LogP contribution >= 0.6 is 0 Å². The molecule has 0 saturated heterocycles. The molecule has 2 atom stereocenters. The second-order valence-corrected chi connectivity index (χ2v) is 6.69. The second-order valence-electron chi connectivity index (χ2n) is 6.69. The normalized spacial score (nSPS) is 26.1. The third kappa shape index (κ3) is 4.72. The van der Waals surface area contributed by atoms with Crippen LogP contribution in [0.1, 0.15) is 51.9 Å². The number of imide groups is 1. The van der Waals surface area contributed by atoms with Gasteiger partial charge in [-0.2, -0.15) is 0 Å². The average Bonchev–Trinajstić information content (AvgIpc) is 2.89. The van der Waals surface area contributed by atoms with E-state index in [1.165, 1.54) is 0 Å². The summed E-state index contributed by atoms with van der Waals surface area (Å²) in [6.07, 6.45) is 4.63. The van der Waals surface area contributed by atoms with Gasteiger partial charge in [-0.05, 0) is 36.5 Å². The highest BCUT2D eigenvalue weighted by atomic mass is 16.4. The minimum absolute atomic E-state index is 0.00161. The van der Waals surface area contributed by atoms with Crippen LogP contribution in [0.25, 0.3) is 0 Å². The summed E-state index contributed by atoms with van der Waals surface area (Å²) < 4.78 is 0. The van der Waals surface area contributed by atoms with Crippen LogP contribution in [0.3, 0.4) is 0 Å². The van der Waals surface area contributed by atoms with Gasteiger partial charge in [0, 0.05) is 13.0 Å². The van der Waals surface area contributed by atoms with Crippen LogP contribution in [0.5, 0.6) is 0 Å². The number of amides is 3. The zero-order valence-corrected chi connectivity index (χ0v) is 12.5. The van der Waals surface area contributed by atoms with E-state index in [9.17, 15) is 14.4 Å². The number of carboxylic acids is 1. The Bertz CT molecular complexity index is 429. The van der Waals surface area contributed by atoms with Gasteiger partial charge in [-0.1, -0.05) is 19.8 Å². The molecule has 0 aromatic rings. The van der Waals surface area contributed by atoms with Crippen LogP contribution in [0, 0.1) is 17.3 Å². The van der Waals surface area contributed by atoms with Gasteiger partial charge in [0.05, 0.1) is 6.42 Å². The number of aliphatic carboxylic acids is 1. The summed E-state index contributed by atoms with van der Waals surface area (Å²) in [5.74, 6) is -0.0752. The smallest absolute Gasteiger partial charge is 0.321 e. The van der Waals surface area contributed by atoms with Crippen LogP contribution in [-0.4, -0.2) is 29.6 Å². The lowest BCUT2D eigenvalue weighted by molar-refractivity contribution is -0.140. The first-order valence-electron chi connectivity index (χ1n) is 7.70. The highest BCUT2D eigenvalue weighted by molar-refractivity contribution is 5.94. The van der Waals surface area contributed by atoms with Crippen molar-refractivity contribution in [2.45, 2.75) is 51.9 Å². The lowest BCUT2D eigenvalue weighted by atomic mass is 9.79. The summed E-state index contributed by atoms with van der Waals surface area (Å²) in [6.45, 7) is 2.73. The van der Waals surface area contributed by atoms with Crippen molar-refractivity contribution in [3.63, 3.8) is 0 Å². The summed E-state index contributed by atoms with van der Waals surface area (Å²) >= 11 is 0. The van der Waals surface area contributed by atoms with Crippen LogP contribution < -0.4 is 10.6 Å². The number of hydrogen-bond acceptors (Lipinski definition) is 3. The van der Waals surface area contributed by atoms with Gasteiger partial charge in [-0.3, -0.25) is 14.9 Å². The van der Waals surface area contributed by atoms with Crippen molar-refractivity contribution in [2.75, 3.05) is 6.54 Å². The quantitative estimate of drug-likeness (QED) is 0.697. The number of carbonyl (C=O) groups is 3. The molecule has 2 fully saturated rings. The van der Waals surface area contributed by atoms with Gasteiger partial charge in [-0.15, -0.1) is 0 Å². The summed E-state index contributed by atoms with van der Waals surface area (Å²) in [6, 6.07) is -0.470. The molecule has 0 spiro atoms. The summed E-state index contributed by atoms with van der Waals surface area (Å²) in [5, 5.41) is 14.0. The molecule has 2 unspecified atom stereocenters. The van der Waals surface area contributed by atoms with Crippen LogP contribution in [0.4, 0.5) is 4.79 Å². The highest BCUT2D eigenvalue weighted by Crippen LogP contribution is 2.44. The fourth-order valence-electron chi connectivity index (χ4n) is 3.32. The van der Waals surface area contributed by atoms with E-state index in [4.69, 9.17) is 5.11 Å². The van der Waals surface area contributed by atoms with Crippen molar-refractivity contribution in [1.82, 2.24) is 10.6 Å². The van der Waals surface area contributed by atoms with E-state index in [1.54, 1.807) is 0 Å². The van der Waals surface area contributed by atoms with E-state index in [0.717, 1.165) is 32.1 Å². The maximum Gasteiger partial charge on any atom is 0.321 e. The van der Waals surface area contributed by atoms with E-state index in [2.05, 4.69) is 17.6 Å². The van der Waals surface area contributed by atoms with Gasteiger partial charge in [0.25, 0.3) is 0 Å². The Balaban J connectivity index is 1.76. The molecule has 3 amide bonds. The Morgan fingerprint density at radius 3 is 2.33 bits per heavy atom. The highest BCUT2D eigenvalue weighted by Gasteiger charge is 2.38. The van der Waals surface area contributed by atoms with Crippen LogP contribution in [-0.2, 0) is 9.59 Å². The van der Waals surface area contributed by atoms with Gasteiger partial charge in [0.2, 0.25) is 5.91 Å². The number of rotatable bonds is 6. The molecule has 0 radical (unpaired) electrons. The largest absolute Gasteiger partial charge is 0.481 e. The van der Waals surface area contributed by atoms with Gasteiger partial charge in [0.1, 0.15) is 0 Å². The molecule has 21 heavy (non-hydrogen) atoms. The Morgan fingerprint density at radius 2 is 1.81 bits per heavy atom. The van der Waals surface area contributed by atoms with E-state index in [1.807, 2.05) is 0 Å². The standard InChI is InChI=1S/C15H24N2O4/c1-10-6-11(10)9-16-14(21)17-12(18)7-15(8-13(19)20)4-2-3-5-15/h10-11H,2-9H2,1H3,(H,19,20)(H2,16,17,18,21). The molecule has 0 aliphatic heterocycles. The molecule has 2 rings (SSSR count). The number of nitrogens with one attached hydrogen (secondary N) is 2. The van der Waals surface area contributed by atoms with Crippen molar-refractivity contribution >= 4 is 17.9 Å². The third-order valence-corrected chi connectivity index (χ3v) is 4.78. The fraction of sp³-hybridized carbons (Fsp3) is 0.800. The molecule has 0 bridgehead atoms. The zero-order chi connectivity index (χ0) is 15.5. The molecule has 6 nitrogen and oxygen atoms in total. The maximum absolute atomic E-state index is 12.0. The van der Waals surface area contributed by atoms with Crippen LogP contribution in [0.15, 0.2) is 0 Å². The summed E-state index contributed by atoms with van der Waals surface area (Å²) in [7, 11) is 0. The van der Waals surface area contributed by atoms with Gasteiger partial charge < -0.3 is 10.4 Å². The van der Waals surface area contributed by atoms with E-state index < -0.39 is 17.4 Å². The van der Waals surface area contributed by atoms with Gasteiger partial charge in [0.15, 0.2) is 0 Å². The van der Waals surface area contributed by atoms with E-state index >= 15 is 0 Å².